The predicted molar refractivity (Wildman–Crippen MR) is 122 cm³/mol. The number of rotatable bonds is 5. The third-order valence-corrected chi connectivity index (χ3v) is 5.64. The number of amides is 2. The summed E-state index contributed by atoms with van der Waals surface area (Å²) >= 11 is 0. The minimum Gasteiger partial charge on any atom is -0.450 e. The minimum absolute atomic E-state index is 0.196. The predicted octanol–water partition coefficient (Wildman–Crippen LogP) is 0.640. The van der Waals surface area contributed by atoms with Crippen molar-refractivity contribution in [1.29, 1.82) is 0 Å². The van der Waals surface area contributed by atoms with Crippen LogP contribution in [0, 0.1) is 6.92 Å². The summed E-state index contributed by atoms with van der Waals surface area (Å²) in [5.74, 6) is -1.17. The number of hydrogen-bond acceptors (Lipinski definition) is 9. The molecule has 0 aliphatic carbocycles. The molecule has 3 heterocycles. The van der Waals surface area contributed by atoms with E-state index in [4.69, 9.17) is 9.26 Å². The Bertz CT molecular complexity index is 1350. The second-order valence-electron chi connectivity index (χ2n) is 8.10. The summed E-state index contributed by atoms with van der Waals surface area (Å²) in [7, 11) is 1.32. The molecule has 1 saturated heterocycles. The molecule has 0 spiro atoms. The van der Waals surface area contributed by atoms with Gasteiger partial charge in [0, 0.05) is 26.2 Å². The molecule has 1 fully saturated rings. The molecule has 1 aromatic carbocycles. The second-order valence-corrected chi connectivity index (χ2v) is 8.10. The van der Waals surface area contributed by atoms with E-state index in [2.05, 4.69) is 20.6 Å². The molecule has 1 aliphatic rings. The quantitative estimate of drug-likeness (QED) is 0.550. The van der Waals surface area contributed by atoms with Crippen LogP contribution >= 0.6 is 0 Å². The van der Waals surface area contributed by atoms with Crippen molar-refractivity contribution in [1.82, 2.24) is 34.7 Å². The third-order valence-electron chi connectivity index (χ3n) is 5.64. The molecule has 35 heavy (non-hydrogen) atoms. The molecular weight excluding hydrogens is 458 g/mol. The summed E-state index contributed by atoms with van der Waals surface area (Å²) in [5.41, 5.74) is -0.158. The fraction of sp³-hybridized carbons (Fsp3) is 0.409. The molecule has 0 atom stereocenters. The molecule has 0 bridgehead atoms. The molecule has 1 N–H and O–H groups in total. The van der Waals surface area contributed by atoms with Crippen molar-refractivity contribution in [2.24, 2.45) is 7.05 Å². The van der Waals surface area contributed by atoms with Gasteiger partial charge in [0.2, 0.25) is 5.82 Å². The molecule has 0 unspecified atom stereocenters. The fourth-order valence-electron chi connectivity index (χ4n) is 3.65. The van der Waals surface area contributed by atoms with Crippen molar-refractivity contribution >= 4 is 12.0 Å². The number of likely N-dealkylation sites (tertiary alicyclic amines) is 1. The maximum Gasteiger partial charge on any atom is 0.409 e. The lowest BCUT2D eigenvalue weighted by molar-refractivity contribution is 0.0829. The van der Waals surface area contributed by atoms with Crippen molar-refractivity contribution in [2.45, 2.75) is 32.7 Å². The number of nitrogens with one attached hydrogen (secondary N) is 1. The summed E-state index contributed by atoms with van der Waals surface area (Å²) in [6.07, 6.45) is 0.699. The van der Waals surface area contributed by atoms with Crippen molar-refractivity contribution in [3.05, 3.63) is 56.6 Å². The normalized spacial score (nSPS) is 14.1. The maximum absolute atomic E-state index is 12.7. The van der Waals surface area contributed by atoms with Gasteiger partial charge in [-0.2, -0.15) is 14.8 Å². The molecule has 2 amide bonds. The summed E-state index contributed by atoms with van der Waals surface area (Å²) in [5, 5.41) is 10.7. The van der Waals surface area contributed by atoms with Crippen LogP contribution in [0.15, 0.2) is 38.4 Å². The number of aromatic nitrogens is 5. The topological polar surface area (TPSA) is 154 Å². The number of benzene rings is 1. The zero-order valence-electron chi connectivity index (χ0n) is 19.6. The fourth-order valence-corrected chi connectivity index (χ4v) is 3.65. The van der Waals surface area contributed by atoms with E-state index >= 15 is 0 Å². The lowest BCUT2D eigenvalue weighted by atomic mass is 10.1. The van der Waals surface area contributed by atoms with Crippen LogP contribution in [0.4, 0.5) is 4.79 Å². The van der Waals surface area contributed by atoms with Gasteiger partial charge in [0.05, 0.1) is 12.3 Å². The molecular formula is C22H25N7O6. The first-order chi connectivity index (χ1) is 16.8. The number of carbonyl (C=O) groups excluding carboxylic acids is 2. The largest absolute Gasteiger partial charge is 0.450 e. The van der Waals surface area contributed by atoms with Gasteiger partial charge in [0.1, 0.15) is 0 Å². The van der Waals surface area contributed by atoms with Gasteiger partial charge in [-0.15, -0.1) is 0 Å². The maximum atomic E-state index is 12.7. The zero-order chi connectivity index (χ0) is 25.1. The first-order valence-corrected chi connectivity index (χ1v) is 11.1. The highest BCUT2D eigenvalue weighted by atomic mass is 16.6. The van der Waals surface area contributed by atoms with E-state index in [1.54, 1.807) is 24.0 Å². The molecule has 2 aromatic heterocycles. The monoisotopic (exact) mass is 483 g/mol. The first-order valence-electron chi connectivity index (χ1n) is 11.1. The van der Waals surface area contributed by atoms with Crippen molar-refractivity contribution in [3.8, 4) is 17.2 Å². The van der Waals surface area contributed by atoms with Crippen LogP contribution in [0.1, 0.15) is 36.0 Å². The highest BCUT2D eigenvalue weighted by Gasteiger charge is 2.27. The van der Waals surface area contributed by atoms with Gasteiger partial charge in [-0.25, -0.2) is 9.59 Å². The van der Waals surface area contributed by atoms with Crippen LogP contribution in [0.25, 0.3) is 17.2 Å². The number of carbonyl (C=O) groups is 2. The Hall–Kier alpha value is -4.29. The van der Waals surface area contributed by atoms with Gasteiger partial charge in [0.25, 0.3) is 5.56 Å². The molecule has 13 heteroatoms. The smallest absolute Gasteiger partial charge is 0.409 e. The standard InChI is InChI=1S/C22H25N7O6/c1-4-34-22(33)28-11-9-14(10-12-28)23-18(30)19-24-17(26-35-19)16-20(31)27(3)21(32)29(25-16)15-7-5-13(2)6-8-15/h5-8,14H,4,9-12H2,1-3H3,(H,23,30). The van der Waals surface area contributed by atoms with Crippen LogP contribution in [0.3, 0.4) is 0 Å². The van der Waals surface area contributed by atoms with Crippen molar-refractivity contribution < 1.29 is 18.8 Å². The number of nitrogens with zero attached hydrogens (tertiary/aromatic N) is 6. The van der Waals surface area contributed by atoms with Gasteiger partial charge >= 0.3 is 23.6 Å². The van der Waals surface area contributed by atoms with Crippen LogP contribution < -0.4 is 16.6 Å². The van der Waals surface area contributed by atoms with E-state index in [1.807, 2.05) is 19.1 Å². The average molecular weight is 483 g/mol. The van der Waals surface area contributed by atoms with Crippen LogP contribution in [0.5, 0.6) is 0 Å². The average Bonchev–Trinajstić information content (AvgIpc) is 3.34. The Kier molecular flexibility index (Phi) is 6.75. The number of piperidine rings is 1. The van der Waals surface area contributed by atoms with Crippen molar-refractivity contribution in [2.75, 3.05) is 19.7 Å². The Morgan fingerprint density at radius 2 is 1.86 bits per heavy atom. The van der Waals surface area contributed by atoms with Gasteiger partial charge in [-0.1, -0.05) is 22.9 Å². The third kappa shape index (κ3) is 4.98. The highest BCUT2D eigenvalue weighted by Crippen LogP contribution is 2.14. The molecule has 0 saturated carbocycles. The van der Waals surface area contributed by atoms with E-state index in [1.165, 1.54) is 7.05 Å². The van der Waals surface area contributed by atoms with Crippen molar-refractivity contribution in [3.63, 3.8) is 0 Å². The summed E-state index contributed by atoms with van der Waals surface area (Å²) in [6.45, 7) is 4.84. The number of ether oxygens (including phenoxy) is 1. The Balaban J connectivity index is 1.51. The molecule has 3 aromatic rings. The second kappa shape index (κ2) is 9.91. The highest BCUT2D eigenvalue weighted by molar-refractivity contribution is 5.90. The molecule has 0 radical (unpaired) electrons. The number of hydrogen-bond donors (Lipinski definition) is 1. The Morgan fingerprint density at radius 3 is 2.51 bits per heavy atom. The van der Waals surface area contributed by atoms with E-state index in [0.717, 1.165) is 14.8 Å². The van der Waals surface area contributed by atoms with Crippen LogP contribution in [0.2, 0.25) is 0 Å². The Morgan fingerprint density at radius 1 is 1.17 bits per heavy atom. The summed E-state index contributed by atoms with van der Waals surface area (Å²) in [6, 6.07) is 6.81. The van der Waals surface area contributed by atoms with Crippen LogP contribution in [-0.4, -0.2) is 67.1 Å². The number of aryl methyl sites for hydroxylation is 1. The van der Waals surface area contributed by atoms with E-state index in [-0.39, 0.29) is 29.5 Å². The molecule has 4 rings (SSSR count). The van der Waals surface area contributed by atoms with E-state index < -0.39 is 17.2 Å². The summed E-state index contributed by atoms with van der Waals surface area (Å²) in [4.78, 5) is 55.3. The van der Waals surface area contributed by atoms with Gasteiger partial charge < -0.3 is 19.5 Å². The molecule has 184 valence electrons. The van der Waals surface area contributed by atoms with Gasteiger partial charge in [0.15, 0.2) is 5.69 Å². The van der Waals surface area contributed by atoms with Gasteiger partial charge in [-0.3, -0.25) is 14.2 Å². The van der Waals surface area contributed by atoms with Crippen LogP contribution in [-0.2, 0) is 11.8 Å². The Labute approximate surface area is 199 Å². The molecule has 13 nitrogen and oxygen atoms in total. The minimum atomic E-state index is -0.725. The van der Waals surface area contributed by atoms with Gasteiger partial charge in [-0.05, 0) is 38.8 Å². The summed E-state index contributed by atoms with van der Waals surface area (Å²) < 4.78 is 12.0. The van der Waals surface area contributed by atoms with E-state index in [9.17, 15) is 19.2 Å². The SMILES string of the molecule is CCOC(=O)N1CCC(NC(=O)c2nc(-c3nn(-c4ccc(C)cc4)c(=O)n(C)c3=O)no2)CC1. The molecule has 1 aliphatic heterocycles. The lowest BCUT2D eigenvalue weighted by Gasteiger charge is -2.31. The van der Waals surface area contributed by atoms with E-state index in [0.29, 0.717) is 38.2 Å². The lowest BCUT2D eigenvalue weighted by Crippen LogP contribution is -2.46. The first kappa shape index (κ1) is 23.9. The zero-order valence-corrected chi connectivity index (χ0v) is 19.6.